The number of furan rings is 1. The average Bonchev–Trinajstić information content (AvgIpc) is 3.19. The number of anilines is 1. The average molecular weight is 400 g/mol. The molecule has 27 heavy (non-hydrogen) atoms. The van der Waals surface area contributed by atoms with Crippen LogP contribution < -0.4 is 10.7 Å². The van der Waals surface area contributed by atoms with E-state index < -0.39 is 5.91 Å². The van der Waals surface area contributed by atoms with Crippen molar-refractivity contribution in [2.45, 2.75) is 0 Å². The minimum absolute atomic E-state index is 0.0125. The van der Waals surface area contributed by atoms with E-state index in [0.717, 1.165) is 0 Å². The highest BCUT2D eigenvalue weighted by Crippen LogP contribution is 2.30. The maximum absolute atomic E-state index is 13.1. The number of hydrogen-bond acceptors (Lipinski definition) is 4. The molecule has 5 nitrogen and oxygen atoms in total. The van der Waals surface area contributed by atoms with Crippen LogP contribution in [0.2, 0.25) is 10.0 Å². The van der Waals surface area contributed by atoms with Gasteiger partial charge in [-0.3, -0.25) is 14.9 Å². The highest BCUT2D eigenvalue weighted by Gasteiger charge is 2.20. The molecule has 0 saturated heterocycles. The first kappa shape index (κ1) is 17.4. The van der Waals surface area contributed by atoms with Crippen molar-refractivity contribution in [3.63, 3.8) is 0 Å². The molecule has 0 fully saturated rings. The zero-order valence-electron chi connectivity index (χ0n) is 13.7. The largest absolute Gasteiger partial charge is 0.459 e. The Balaban J connectivity index is 1.93. The standard InChI is InChI=1S/C20H11Cl2NO4/c21-12-5-3-11(4-6-12)17-18(24)14-10-13(22)7-8-15(14)27-20(17)23-19(25)16-2-1-9-26-16/h1-10H,(H,23,25). The second-order valence-electron chi connectivity index (χ2n) is 5.71. The van der Waals surface area contributed by atoms with Gasteiger partial charge in [-0.05, 0) is 48.0 Å². The highest BCUT2D eigenvalue weighted by atomic mass is 35.5. The maximum atomic E-state index is 13.1. The molecule has 0 atom stereocenters. The lowest BCUT2D eigenvalue weighted by Crippen LogP contribution is -2.16. The first-order valence-corrected chi connectivity index (χ1v) is 8.65. The van der Waals surface area contributed by atoms with Gasteiger partial charge in [-0.25, -0.2) is 0 Å². The molecule has 0 spiro atoms. The van der Waals surface area contributed by atoms with Gasteiger partial charge in [0.2, 0.25) is 11.3 Å². The molecule has 0 aliphatic carbocycles. The predicted octanol–water partition coefficient (Wildman–Crippen LogP) is 5.61. The predicted molar refractivity (Wildman–Crippen MR) is 105 cm³/mol. The van der Waals surface area contributed by atoms with Crippen molar-refractivity contribution in [1.82, 2.24) is 0 Å². The minimum Gasteiger partial charge on any atom is -0.459 e. The van der Waals surface area contributed by atoms with Crippen LogP contribution in [0.4, 0.5) is 5.88 Å². The number of rotatable bonds is 3. The van der Waals surface area contributed by atoms with Gasteiger partial charge in [0.1, 0.15) is 5.58 Å². The molecule has 0 unspecified atom stereocenters. The Morgan fingerprint density at radius 3 is 2.41 bits per heavy atom. The summed E-state index contributed by atoms with van der Waals surface area (Å²) in [6.45, 7) is 0. The second kappa shape index (κ2) is 6.95. The summed E-state index contributed by atoms with van der Waals surface area (Å²) in [4.78, 5) is 25.5. The number of carbonyl (C=O) groups is 1. The van der Waals surface area contributed by atoms with Crippen molar-refractivity contribution in [1.29, 1.82) is 0 Å². The van der Waals surface area contributed by atoms with E-state index in [1.54, 1.807) is 42.5 Å². The molecule has 0 aliphatic rings. The second-order valence-corrected chi connectivity index (χ2v) is 6.59. The molecule has 2 heterocycles. The van der Waals surface area contributed by atoms with E-state index in [4.69, 9.17) is 32.0 Å². The summed E-state index contributed by atoms with van der Waals surface area (Å²) in [5.41, 5.74) is 0.721. The van der Waals surface area contributed by atoms with Crippen molar-refractivity contribution >= 4 is 46.0 Å². The summed E-state index contributed by atoms with van der Waals surface area (Å²) >= 11 is 12.0. The summed E-state index contributed by atoms with van der Waals surface area (Å²) < 4.78 is 10.9. The van der Waals surface area contributed by atoms with Crippen LogP contribution in [0.15, 0.2) is 74.5 Å². The van der Waals surface area contributed by atoms with Gasteiger partial charge in [-0.15, -0.1) is 0 Å². The minimum atomic E-state index is -0.535. The fourth-order valence-corrected chi connectivity index (χ4v) is 3.00. The van der Waals surface area contributed by atoms with Crippen LogP contribution >= 0.6 is 23.2 Å². The lowest BCUT2D eigenvalue weighted by molar-refractivity contribution is 0.0994. The summed E-state index contributed by atoms with van der Waals surface area (Å²) in [7, 11) is 0. The Kier molecular flexibility index (Phi) is 4.48. The molecule has 2 aromatic carbocycles. The first-order chi connectivity index (χ1) is 13.0. The third kappa shape index (κ3) is 3.35. The van der Waals surface area contributed by atoms with Crippen LogP contribution in [-0.2, 0) is 0 Å². The van der Waals surface area contributed by atoms with E-state index in [1.807, 2.05) is 0 Å². The number of hydrogen-bond donors (Lipinski definition) is 1. The van der Waals surface area contributed by atoms with Crippen molar-refractivity contribution < 1.29 is 13.6 Å². The molecule has 1 amide bonds. The number of amides is 1. The number of benzene rings is 2. The van der Waals surface area contributed by atoms with Gasteiger partial charge >= 0.3 is 0 Å². The van der Waals surface area contributed by atoms with Gasteiger partial charge < -0.3 is 8.83 Å². The third-order valence-electron chi connectivity index (χ3n) is 3.96. The van der Waals surface area contributed by atoms with E-state index in [0.29, 0.717) is 26.6 Å². The Labute approximate surface area is 163 Å². The zero-order chi connectivity index (χ0) is 19.0. The first-order valence-electron chi connectivity index (χ1n) is 7.90. The van der Waals surface area contributed by atoms with Crippen molar-refractivity contribution in [3.8, 4) is 11.1 Å². The van der Waals surface area contributed by atoms with Crippen LogP contribution in [0.25, 0.3) is 22.1 Å². The SMILES string of the molecule is O=C(Nc1oc2ccc(Cl)cc2c(=O)c1-c1ccc(Cl)cc1)c1ccco1. The van der Waals surface area contributed by atoms with Gasteiger partial charge in [-0.1, -0.05) is 35.3 Å². The molecule has 4 aromatic rings. The van der Waals surface area contributed by atoms with Crippen LogP contribution in [0, 0.1) is 0 Å². The zero-order valence-corrected chi connectivity index (χ0v) is 15.2. The topological polar surface area (TPSA) is 72.5 Å². The van der Waals surface area contributed by atoms with E-state index >= 15 is 0 Å². The maximum Gasteiger partial charge on any atom is 0.293 e. The van der Waals surface area contributed by atoms with Gasteiger partial charge in [0.25, 0.3) is 5.91 Å². The molecule has 2 aromatic heterocycles. The lowest BCUT2D eigenvalue weighted by Gasteiger charge is -2.11. The van der Waals surface area contributed by atoms with E-state index in [9.17, 15) is 9.59 Å². The molecule has 134 valence electrons. The molecular formula is C20H11Cl2NO4. The van der Waals surface area contributed by atoms with Crippen LogP contribution in [-0.4, -0.2) is 5.91 Å². The van der Waals surface area contributed by atoms with Crippen molar-refractivity contribution in [2.24, 2.45) is 0 Å². The smallest absolute Gasteiger partial charge is 0.293 e. The molecule has 0 bridgehead atoms. The molecule has 4 rings (SSSR count). The fraction of sp³-hybridized carbons (Fsp3) is 0. The van der Waals surface area contributed by atoms with Gasteiger partial charge in [0.15, 0.2) is 5.76 Å². The van der Waals surface area contributed by atoms with E-state index in [-0.39, 0.29) is 22.6 Å². The van der Waals surface area contributed by atoms with Crippen LogP contribution in [0.5, 0.6) is 0 Å². The number of carbonyl (C=O) groups excluding carboxylic acids is 1. The molecule has 0 radical (unpaired) electrons. The monoisotopic (exact) mass is 399 g/mol. The summed E-state index contributed by atoms with van der Waals surface area (Å²) in [6, 6.07) is 14.5. The molecule has 1 N–H and O–H groups in total. The highest BCUT2D eigenvalue weighted by molar-refractivity contribution is 6.31. The Morgan fingerprint density at radius 1 is 0.963 bits per heavy atom. The lowest BCUT2D eigenvalue weighted by atomic mass is 10.0. The quantitative estimate of drug-likeness (QED) is 0.485. The van der Waals surface area contributed by atoms with Gasteiger partial charge in [0.05, 0.1) is 17.2 Å². The van der Waals surface area contributed by atoms with E-state index in [1.165, 1.54) is 18.4 Å². The Morgan fingerprint density at radius 2 is 1.70 bits per heavy atom. The third-order valence-corrected chi connectivity index (χ3v) is 4.44. The summed E-state index contributed by atoms with van der Waals surface area (Å²) in [5.74, 6) is -0.430. The molecule has 7 heteroatoms. The number of nitrogens with one attached hydrogen (secondary N) is 1. The fourth-order valence-electron chi connectivity index (χ4n) is 2.71. The molecular weight excluding hydrogens is 389 g/mol. The van der Waals surface area contributed by atoms with Gasteiger partial charge in [-0.2, -0.15) is 0 Å². The molecule has 0 aliphatic heterocycles. The van der Waals surface area contributed by atoms with Gasteiger partial charge in [0, 0.05) is 10.0 Å². The van der Waals surface area contributed by atoms with Crippen molar-refractivity contribution in [2.75, 3.05) is 5.32 Å². The van der Waals surface area contributed by atoms with E-state index in [2.05, 4.69) is 5.32 Å². The van der Waals surface area contributed by atoms with Crippen molar-refractivity contribution in [3.05, 3.63) is 86.9 Å². The number of halogens is 2. The Hall–Kier alpha value is -3.02. The summed E-state index contributed by atoms with van der Waals surface area (Å²) in [5, 5.41) is 3.85. The molecule has 0 saturated carbocycles. The number of fused-ring (bicyclic) bond motifs is 1. The van der Waals surface area contributed by atoms with Crippen LogP contribution in [0.1, 0.15) is 10.6 Å². The Bertz CT molecular complexity index is 1200. The summed E-state index contributed by atoms with van der Waals surface area (Å²) in [6.07, 6.45) is 1.38. The normalized spacial score (nSPS) is 10.9. The van der Waals surface area contributed by atoms with Crippen LogP contribution in [0.3, 0.4) is 0 Å².